The van der Waals surface area contributed by atoms with Crippen LogP contribution < -0.4 is 10.1 Å². The van der Waals surface area contributed by atoms with Gasteiger partial charge in [-0.15, -0.1) is 11.3 Å². The molecule has 5 nitrogen and oxygen atoms in total. The van der Waals surface area contributed by atoms with Crippen molar-refractivity contribution in [2.75, 3.05) is 20.3 Å². The number of esters is 1. The lowest BCUT2D eigenvalue weighted by Gasteiger charge is -2.16. The highest BCUT2D eigenvalue weighted by Gasteiger charge is 2.23. The van der Waals surface area contributed by atoms with E-state index < -0.39 is 5.97 Å². The van der Waals surface area contributed by atoms with Crippen LogP contribution in [0, 0.1) is 0 Å². The predicted octanol–water partition coefficient (Wildman–Crippen LogP) is 3.21. The predicted molar refractivity (Wildman–Crippen MR) is 97.3 cm³/mol. The molecule has 1 aliphatic carbocycles. The molecule has 0 aliphatic heterocycles. The molecule has 0 radical (unpaired) electrons. The van der Waals surface area contributed by atoms with Gasteiger partial charge in [0.2, 0.25) is 0 Å². The SMILES string of the molecule is CCCNC(=O)COC(=O)c1cc2c(s1)-c1ccc(OC)cc1CC2. The first-order chi connectivity index (χ1) is 12.1. The number of amides is 1. The maximum atomic E-state index is 12.2. The van der Waals surface area contributed by atoms with Crippen LogP contribution in [0.3, 0.4) is 0 Å². The van der Waals surface area contributed by atoms with Crippen LogP contribution >= 0.6 is 11.3 Å². The van der Waals surface area contributed by atoms with Crippen LogP contribution in [0.2, 0.25) is 0 Å². The number of carbonyl (C=O) groups is 2. The molecule has 0 fully saturated rings. The van der Waals surface area contributed by atoms with Gasteiger partial charge in [0.25, 0.3) is 5.91 Å². The summed E-state index contributed by atoms with van der Waals surface area (Å²) in [5.41, 5.74) is 3.53. The lowest BCUT2D eigenvalue weighted by molar-refractivity contribution is -0.124. The minimum atomic E-state index is -0.443. The van der Waals surface area contributed by atoms with E-state index in [4.69, 9.17) is 9.47 Å². The number of benzene rings is 1. The van der Waals surface area contributed by atoms with E-state index in [1.54, 1.807) is 7.11 Å². The Kier molecular flexibility index (Phi) is 5.38. The fraction of sp³-hybridized carbons (Fsp3) is 0.368. The standard InChI is InChI=1S/C19H21NO4S/c1-3-8-20-17(21)11-24-19(22)16-10-13-5-4-12-9-14(23-2)6-7-15(12)18(13)25-16/h6-7,9-10H,3-5,8,11H2,1-2H3,(H,20,21). The van der Waals surface area contributed by atoms with E-state index in [1.807, 2.05) is 31.2 Å². The number of thiophene rings is 1. The molecule has 0 spiro atoms. The number of carbonyl (C=O) groups excluding carboxylic acids is 2. The van der Waals surface area contributed by atoms with Gasteiger partial charge in [0, 0.05) is 11.4 Å². The van der Waals surface area contributed by atoms with Crippen LogP contribution in [0.1, 0.15) is 34.1 Å². The molecule has 0 saturated carbocycles. The zero-order valence-electron chi connectivity index (χ0n) is 14.4. The monoisotopic (exact) mass is 359 g/mol. The Bertz CT molecular complexity index is 797. The Hall–Kier alpha value is -2.34. The maximum absolute atomic E-state index is 12.2. The van der Waals surface area contributed by atoms with E-state index in [2.05, 4.69) is 5.32 Å². The molecule has 1 aromatic heterocycles. The molecule has 0 unspecified atom stereocenters. The lowest BCUT2D eigenvalue weighted by Crippen LogP contribution is -2.29. The number of ether oxygens (including phenoxy) is 2. The minimum Gasteiger partial charge on any atom is -0.497 e. The second-order valence-electron chi connectivity index (χ2n) is 5.91. The van der Waals surface area contributed by atoms with Crippen molar-refractivity contribution in [3.05, 3.63) is 40.3 Å². The number of aryl methyl sites for hydroxylation is 2. The quantitative estimate of drug-likeness (QED) is 0.805. The zero-order valence-corrected chi connectivity index (χ0v) is 15.2. The van der Waals surface area contributed by atoms with Gasteiger partial charge in [-0.2, -0.15) is 0 Å². The summed E-state index contributed by atoms with van der Waals surface area (Å²) in [5, 5.41) is 2.69. The summed E-state index contributed by atoms with van der Waals surface area (Å²) in [7, 11) is 1.66. The molecule has 6 heteroatoms. The largest absolute Gasteiger partial charge is 0.497 e. The third kappa shape index (κ3) is 3.85. The van der Waals surface area contributed by atoms with Crippen molar-refractivity contribution < 1.29 is 19.1 Å². The zero-order chi connectivity index (χ0) is 17.8. The molecule has 1 aromatic carbocycles. The van der Waals surface area contributed by atoms with Gasteiger partial charge >= 0.3 is 5.97 Å². The molecule has 1 aliphatic rings. The second kappa shape index (κ2) is 7.70. The van der Waals surface area contributed by atoms with Crippen molar-refractivity contribution in [2.24, 2.45) is 0 Å². The average Bonchev–Trinajstić information content (AvgIpc) is 3.08. The Morgan fingerprint density at radius 3 is 2.76 bits per heavy atom. The van der Waals surface area contributed by atoms with Crippen molar-refractivity contribution in [3.8, 4) is 16.2 Å². The van der Waals surface area contributed by atoms with E-state index in [9.17, 15) is 9.59 Å². The third-order valence-electron chi connectivity index (χ3n) is 4.14. The molecule has 2 aromatic rings. The van der Waals surface area contributed by atoms with Gasteiger partial charge in [0.15, 0.2) is 6.61 Å². The van der Waals surface area contributed by atoms with Gasteiger partial charge in [0.05, 0.1) is 7.11 Å². The fourth-order valence-electron chi connectivity index (χ4n) is 2.86. The molecular formula is C19H21NO4S. The smallest absolute Gasteiger partial charge is 0.348 e. The van der Waals surface area contributed by atoms with Gasteiger partial charge in [-0.3, -0.25) is 4.79 Å². The summed E-state index contributed by atoms with van der Waals surface area (Å²) in [6, 6.07) is 7.91. The molecular weight excluding hydrogens is 338 g/mol. The van der Waals surface area contributed by atoms with Crippen LogP contribution in [-0.2, 0) is 22.4 Å². The number of hydrogen-bond donors (Lipinski definition) is 1. The maximum Gasteiger partial charge on any atom is 0.348 e. The topological polar surface area (TPSA) is 64.6 Å². The molecule has 1 N–H and O–H groups in total. The molecule has 132 valence electrons. The first-order valence-electron chi connectivity index (χ1n) is 8.36. The van der Waals surface area contributed by atoms with Crippen molar-refractivity contribution in [2.45, 2.75) is 26.2 Å². The van der Waals surface area contributed by atoms with Gasteiger partial charge in [-0.25, -0.2) is 4.79 Å². The van der Waals surface area contributed by atoms with Crippen LogP contribution in [0.15, 0.2) is 24.3 Å². The Morgan fingerprint density at radius 2 is 2.00 bits per heavy atom. The van der Waals surface area contributed by atoms with Crippen LogP contribution in [0.5, 0.6) is 5.75 Å². The first-order valence-corrected chi connectivity index (χ1v) is 9.17. The molecule has 0 atom stereocenters. The normalized spacial score (nSPS) is 12.1. The van der Waals surface area contributed by atoms with Crippen molar-refractivity contribution >= 4 is 23.2 Å². The molecule has 1 heterocycles. The summed E-state index contributed by atoms with van der Waals surface area (Å²) in [5.74, 6) is 0.131. The highest BCUT2D eigenvalue weighted by Crippen LogP contribution is 2.40. The molecule has 0 bridgehead atoms. The number of nitrogens with one attached hydrogen (secondary N) is 1. The van der Waals surface area contributed by atoms with E-state index in [-0.39, 0.29) is 12.5 Å². The van der Waals surface area contributed by atoms with E-state index in [1.165, 1.54) is 16.9 Å². The summed E-state index contributed by atoms with van der Waals surface area (Å²) in [6.45, 7) is 2.31. The molecule has 25 heavy (non-hydrogen) atoms. The highest BCUT2D eigenvalue weighted by molar-refractivity contribution is 7.17. The van der Waals surface area contributed by atoms with Gasteiger partial charge in [0.1, 0.15) is 10.6 Å². The Morgan fingerprint density at radius 1 is 1.20 bits per heavy atom. The van der Waals surface area contributed by atoms with Gasteiger partial charge < -0.3 is 14.8 Å². The lowest BCUT2D eigenvalue weighted by atomic mass is 9.91. The van der Waals surface area contributed by atoms with E-state index in [0.717, 1.165) is 41.0 Å². The summed E-state index contributed by atoms with van der Waals surface area (Å²) in [6.07, 6.45) is 2.65. The van der Waals surface area contributed by atoms with Crippen molar-refractivity contribution in [1.82, 2.24) is 5.32 Å². The first kappa shape index (κ1) is 17.5. The summed E-state index contributed by atoms with van der Waals surface area (Å²) < 4.78 is 10.4. The number of hydrogen-bond acceptors (Lipinski definition) is 5. The third-order valence-corrected chi connectivity index (χ3v) is 5.33. The van der Waals surface area contributed by atoms with E-state index in [0.29, 0.717) is 11.4 Å². The molecule has 3 rings (SSSR count). The average molecular weight is 359 g/mol. The van der Waals surface area contributed by atoms with Crippen LogP contribution in [0.25, 0.3) is 10.4 Å². The summed E-state index contributed by atoms with van der Waals surface area (Å²) >= 11 is 1.42. The second-order valence-corrected chi connectivity index (χ2v) is 6.97. The number of methoxy groups -OCH3 is 1. The van der Waals surface area contributed by atoms with Crippen molar-refractivity contribution in [3.63, 3.8) is 0 Å². The van der Waals surface area contributed by atoms with Crippen LogP contribution in [-0.4, -0.2) is 32.1 Å². The van der Waals surface area contributed by atoms with E-state index >= 15 is 0 Å². The fourth-order valence-corrected chi connectivity index (χ4v) is 4.02. The van der Waals surface area contributed by atoms with Gasteiger partial charge in [-0.05, 0) is 60.2 Å². The van der Waals surface area contributed by atoms with Gasteiger partial charge in [-0.1, -0.05) is 6.92 Å². The molecule has 0 saturated heterocycles. The number of fused-ring (bicyclic) bond motifs is 3. The van der Waals surface area contributed by atoms with Crippen LogP contribution in [0.4, 0.5) is 0 Å². The summed E-state index contributed by atoms with van der Waals surface area (Å²) in [4.78, 5) is 25.4. The van der Waals surface area contributed by atoms with Crippen molar-refractivity contribution in [1.29, 1.82) is 0 Å². The highest BCUT2D eigenvalue weighted by atomic mass is 32.1. The number of rotatable bonds is 6. The minimum absolute atomic E-state index is 0.241. The molecule has 1 amide bonds. The Balaban J connectivity index is 1.73. The Labute approximate surface area is 151 Å².